The number of nitrogens with one attached hydrogen (secondary N) is 1. The van der Waals surface area contributed by atoms with Crippen molar-refractivity contribution < 1.29 is 0 Å². The Bertz CT molecular complexity index is 434. The first kappa shape index (κ1) is 10.0. The fourth-order valence-corrected chi connectivity index (χ4v) is 1.78. The maximum atomic E-state index is 4.21. The number of aromatic nitrogens is 5. The molecule has 0 atom stereocenters. The van der Waals surface area contributed by atoms with Gasteiger partial charge in [0.1, 0.15) is 18.0 Å². The molecule has 0 aromatic carbocycles. The molecule has 0 saturated heterocycles. The van der Waals surface area contributed by atoms with Crippen LogP contribution >= 0.6 is 11.5 Å². The van der Waals surface area contributed by atoms with E-state index < -0.39 is 0 Å². The lowest BCUT2D eigenvalue weighted by Gasteiger charge is -2.01. The van der Waals surface area contributed by atoms with Crippen LogP contribution in [0.15, 0.2) is 6.33 Å². The molecule has 2 rings (SSSR count). The number of hydrogen-bond donors (Lipinski definition) is 1. The number of anilines is 1. The number of rotatable bonds is 4. The van der Waals surface area contributed by atoms with Crippen LogP contribution in [0, 0.1) is 6.92 Å². The third kappa shape index (κ3) is 2.50. The van der Waals surface area contributed by atoms with Gasteiger partial charge < -0.3 is 9.88 Å². The van der Waals surface area contributed by atoms with E-state index >= 15 is 0 Å². The zero-order valence-corrected chi connectivity index (χ0v) is 9.45. The summed E-state index contributed by atoms with van der Waals surface area (Å²) in [6.07, 6.45) is 2.53. The Labute approximate surface area is 91.5 Å². The van der Waals surface area contributed by atoms with E-state index in [1.807, 2.05) is 18.5 Å². The molecule has 1 N–H and O–H groups in total. The van der Waals surface area contributed by atoms with Gasteiger partial charge >= 0.3 is 0 Å². The first-order valence-corrected chi connectivity index (χ1v) is 5.40. The van der Waals surface area contributed by atoms with Crippen LogP contribution in [0.25, 0.3) is 0 Å². The van der Waals surface area contributed by atoms with Gasteiger partial charge in [0.05, 0.1) is 0 Å². The van der Waals surface area contributed by atoms with Crippen LogP contribution in [-0.4, -0.2) is 30.7 Å². The maximum absolute atomic E-state index is 4.21. The van der Waals surface area contributed by atoms with Crippen molar-refractivity contribution >= 4 is 16.7 Å². The molecule has 0 saturated carbocycles. The van der Waals surface area contributed by atoms with Crippen molar-refractivity contribution in [3.63, 3.8) is 0 Å². The molecule has 2 heterocycles. The highest BCUT2D eigenvalue weighted by atomic mass is 32.1. The van der Waals surface area contributed by atoms with E-state index in [1.165, 1.54) is 11.5 Å². The highest BCUT2D eigenvalue weighted by Gasteiger charge is 2.02. The molecule has 0 aliphatic heterocycles. The van der Waals surface area contributed by atoms with Crippen LogP contribution in [0.1, 0.15) is 11.6 Å². The second-order valence-electron chi connectivity index (χ2n) is 3.18. The van der Waals surface area contributed by atoms with E-state index in [-0.39, 0.29) is 0 Å². The van der Waals surface area contributed by atoms with Gasteiger partial charge in [-0.3, -0.25) is 0 Å². The molecule has 15 heavy (non-hydrogen) atoms. The molecule has 0 amide bonds. The number of hydrogen-bond acceptors (Lipinski definition) is 6. The molecule has 2 aromatic rings. The van der Waals surface area contributed by atoms with Crippen LogP contribution in [-0.2, 0) is 13.5 Å². The van der Waals surface area contributed by atoms with Crippen molar-refractivity contribution in [2.45, 2.75) is 13.3 Å². The average molecular weight is 224 g/mol. The molecule has 0 bridgehead atoms. The molecular weight excluding hydrogens is 212 g/mol. The second-order valence-corrected chi connectivity index (χ2v) is 3.93. The van der Waals surface area contributed by atoms with Gasteiger partial charge in [0.2, 0.25) is 5.13 Å². The topological polar surface area (TPSA) is 68.5 Å². The Kier molecular flexibility index (Phi) is 2.91. The van der Waals surface area contributed by atoms with Gasteiger partial charge in [-0.1, -0.05) is 0 Å². The molecular formula is C8H12N6S. The molecule has 0 spiro atoms. The summed E-state index contributed by atoms with van der Waals surface area (Å²) in [7, 11) is 1.93. The number of aryl methyl sites for hydroxylation is 2. The summed E-state index contributed by atoms with van der Waals surface area (Å²) >= 11 is 1.38. The van der Waals surface area contributed by atoms with E-state index in [1.54, 1.807) is 6.33 Å². The van der Waals surface area contributed by atoms with E-state index in [2.05, 4.69) is 24.9 Å². The Hall–Kier alpha value is -1.50. The average Bonchev–Trinajstić information content (AvgIpc) is 2.77. The van der Waals surface area contributed by atoms with Gasteiger partial charge in [-0.25, -0.2) is 4.98 Å². The first-order valence-electron chi connectivity index (χ1n) is 4.63. The first-order chi connectivity index (χ1) is 7.25. The lowest BCUT2D eigenvalue weighted by molar-refractivity contribution is 0.788. The maximum Gasteiger partial charge on any atom is 0.202 e. The van der Waals surface area contributed by atoms with E-state index in [4.69, 9.17) is 0 Å². The third-order valence-corrected chi connectivity index (χ3v) is 2.72. The van der Waals surface area contributed by atoms with E-state index in [0.717, 1.165) is 29.7 Å². The van der Waals surface area contributed by atoms with Gasteiger partial charge in [-0.15, -0.1) is 10.2 Å². The molecule has 0 fully saturated rings. The lowest BCUT2D eigenvalue weighted by Crippen LogP contribution is -2.08. The summed E-state index contributed by atoms with van der Waals surface area (Å²) in [5, 5.41) is 11.9. The normalized spacial score (nSPS) is 10.5. The van der Waals surface area contributed by atoms with Crippen molar-refractivity contribution in [3.05, 3.63) is 18.0 Å². The van der Waals surface area contributed by atoms with Gasteiger partial charge in [-0.05, 0) is 6.92 Å². The zero-order valence-electron chi connectivity index (χ0n) is 8.64. The SMILES string of the molecule is Cc1nsc(NCCc2nncn2C)n1. The van der Waals surface area contributed by atoms with Gasteiger partial charge in [-0.2, -0.15) is 4.37 Å². The molecule has 0 aliphatic rings. The summed E-state index contributed by atoms with van der Waals surface area (Å²) in [4.78, 5) is 4.21. The lowest BCUT2D eigenvalue weighted by atomic mass is 10.4. The Morgan fingerprint density at radius 3 is 3.00 bits per heavy atom. The molecule has 0 radical (unpaired) electrons. The standard InChI is InChI=1S/C8H12N6S/c1-6-11-8(15-13-6)9-4-3-7-12-10-5-14(7)2/h5H,3-4H2,1-2H3,(H,9,11,13). The largest absolute Gasteiger partial charge is 0.360 e. The van der Waals surface area contributed by atoms with Crippen LogP contribution in [0.5, 0.6) is 0 Å². The summed E-state index contributed by atoms with van der Waals surface area (Å²) in [5.41, 5.74) is 0. The quantitative estimate of drug-likeness (QED) is 0.825. The fourth-order valence-electron chi connectivity index (χ4n) is 1.18. The van der Waals surface area contributed by atoms with Crippen LogP contribution in [0.2, 0.25) is 0 Å². The Morgan fingerprint density at radius 1 is 1.53 bits per heavy atom. The van der Waals surface area contributed by atoms with Crippen LogP contribution < -0.4 is 5.32 Å². The van der Waals surface area contributed by atoms with E-state index in [0.29, 0.717) is 0 Å². The minimum absolute atomic E-state index is 0.793. The summed E-state index contributed by atoms with van der Waals surface area (Å²) in [6.45, 7) is 2.67. The fraction of sp³-hybridized carbons (Fsp3) is 0.500. The van der Waals surface area contributed by atoms with Crippen LogP contribution in [0.4, 0.5) is 5.13 Å². The Balaban J connectivity index is 1.83. The minimum Gasteiger partial charge on any atom is -0.360 e. The zero-order chi connectivity index (χ0) is 10.7. The van der Waals surface area contributed by atoms with Gasteiger partial charge in [0.15, 0.2) is 0 Å². The molecule has 0 unspecified atom stereocenters. The molecule has 0 aliphatic carbocycles. The highest BCUT2D eigenvalue weighted by Crippen LogP contribution is 2.09. The van der Waals surface area contributed by atoms with Crippen molar-refractivity contribution in [2.75, 3.05) is 11.9 Å². The monoisotopic (exact) mass is 224 g/mol. The van der Waals surface area contributed by atoms with E-state index in [9.17, 15) is 0 Å². The minimum atomic E-state index is 0.793. The second kappa shape index (κ2) is 4.35. The predicted molar refractivity (Wildman–Crippen MR) is 57.8 cm³/mol. The van der Waals surface area contributed by atoms with Crippen molar-refractivity contribution in [1.82, 2.24) is 24.1 Å². The van der Waals surface area contributed by atoms with Gasteiger partial charge in [0.25, 0.3) is 0 Å². The van der Waals surface area contributed by atoms with Crippen molar-refractivity contribution in [1.29, 1.82) is 0 Å². The summed E-state index contributed by atoms with van der Waals surface area (Å²) < 4.78 is 5.99. The molecule has 80 valence electrons. The molecule has 2 aromatic heterocycles. The highest BCUT2D eigenvalue weighted by molar-refractivity contribution is 7.09. The summed E-state index contributed by atoms with van der Waals surface area (Å²) in [6, 6.07) is 0. The third-order valence-electron chi connectivity index (χ3n) is 1.96. The molecule has 7 heteroatoms. The Morgan fingerprint density at radius 2 is 2.40 bits per heavy atom. The molecule has 6 nitrogen and oxygen atoms in total. The van der Waals surface area contributed by atoms with Crippen molar-refractivity contribution in [2.24, 2.45) is 7.05 Å². The smallest absolute Gasteiger partial charge is 0.202 e. The summed E-state index contributed by atoms with van der Waals surface area (Å²) in [5.74, 6) is 1.77. The van der Waals surface area contributed by atoms with Crippen molar-refractivity contribution in [3.8, 4) is 0 Å². The van der Waals surface area contributed by atoms with Gasteiger partial charge in [0, 0.05) is 31.5 Å². The predicted octanol–water partition coefficient (Wildman–Crippen LogP) is 0.630. The van der Waals surface area contributed by atoms with Crippen LogP contribution in [0.3, 0.4) is 0 Å². The number of nitrogens with zero attached hydrogens (tertiary/aromatic N) is 5.